The van der Waals surface area contributed by atoms with Gasteiger partial charge in [0, 0.05) is 30.9 Å². The van der Waals surface area contributed by atoms with E-state index in [1.807, 2.05) is 54.4 Å². The third-order valence-corrected chi connectivity index (χ3v) is 8.93. The van der Waals surface area contributed by atoms with Gasteiger partial charge >= 0.3 is 6.09 Å². The Morgan fingerprint density at radius 2 is 1.94 bits per heavy atom. The fraction of sp³-hybridized carbons (Fsp3) is 0.481. The van der Waals surface area contributed by atoms with Gasteiger partial charge < -0.3 is 29.2 Å². The Kier molecular flexibility index (Phi) is 4.84. The lowest BCUT2D eigenvalue weighted by atomic mass is 9.55. The first-order valence-electron chi connectivity index (χ1n) is 12.0. The first kappa shape index (κ1) is 22.2. The molecule has 2 aromatic carbocycles. The van der Waals surface area contributed by atoms with Gasteiger partial charge in [-0.05, 0) is 30.0 Å². The number of carbonyl (C=O) groups excluding carboxylic acids is 2. The standard InChI is InChI=1S/C27H30N2O6/c1-29-21(30)14-25-11-12-26(28-24(31)34-15-17-7-5-4-6-8-17)16-35-20(13-27(25,26)29)18-9-10-19(32-2)23(33-3)22(18)25/h4-10,20H,11-16H2,1-3H3,(H,28,31)/t20-,25+,26?,27?/m0/s1. The summed E-state index contributed by atoms with van der Waals surface area (Å²) in [5.74, 6) is 1.34. The van der Waals surface area contributed by atoms with Crippen LogP contribution in [0.1, 0.15) is 48.5 Å². The van der Waals surface area contributed by atoms with Crippen LogP contribution >= 0.6 is 0 Å². The molecule has 0 aromatic heterocycles. The molecule has 2 bridgehead atoms. The second-order valence-electron chi connectivity index (χ2n) is 10.1. The van der Waals surface area contributed by atoms with Crippen molar-refractivity contribution in [2.75, 3.05) is 27.9 Å². The Morgan fingerprint density at radius 1 is 1.14 bits per heavy atom. The summed E-state index contributed by atoms with van der Waals surface area (Å²) >= 11 is 0. The van der Waals surface area contributed by atoms with Crippen LogP contribution in [-0.2, 0) is 26.3 Å². The molecule has 0 radical (unpaired) electrons. The first-order chi connectivity index (χ1) is 16.9. The zero-order valence-corrected chi connectivity index (χ0v) is 20.3. The molecule has 2 aliphatic heterocycles. The number of rotatable bonds is 5. The number of amides is 2. The number of fused-ring (bicyclic) bond motifs is 3. The number of ether oxygens (including phenoxy) is 4. The number of hydrogen-bond donors (Lipinski definition) is 1. The van der Waals surface area contributed by atoms with Gasteiger partial charge in [0.05, 0.1) is 38.0 Å². The molecule has 2 amide bonds. The number of likely N-dealkylation sites (tertiary alicyclic amines) is 1. The summed E-state index contributed by atoms with van der Waals surface area (Å²) in [6.45, 7) is 0.484. The Bertz CT molecular complexity index is 1200. The number of nitrogens with one attached hydrogen (secondary N) is 1. The molecular formula is C27H30N2O6. The van der Waals surface area contributed by atoms with Gasteiger partial charge in [0.1, 0.15) is 6.61 Å². The Balaban J connectivity index is 1.43. The maximum absolute atomic E-state index is 13.4. The molecule has 2 aromatic rings. The molecule has 1 N–H and O–H groups in total. The molecule has 1 spiro atoms. The predicted molar refractivity (Wildman–Crippen MR) is 126 cm³/mol. The number of alkyl carbamates (subject to hydrolysis) is 1. The van der Waals surface area contributed by atoms with E-state index in [2.05, 4.69) is 5.32 Å². The topological polar surface area (TPSA) is 86.3 Å². The normalized spacial score (nSPS) is 32.0. The van der Waals surface area contributed by atoms with Crippen LogP contribution in [0.3, 0.4) is 0 Å². The van der Waals surface area contributed by atoms with E-state index in [-0.39, 0.29) is 18.6 Å². The number of methoxy groups -OCH3 is 2. The van der Waals surface area contributed by atoms with Crippen LogP contribution in [0, 0.1) is 0 Å². The van der Waals surface area contributed by atoms with Crippen molar-refractivity contribution in [1.82, 2.24) is 10.2 Å². The first-order valence-corrected chi connectivity index (χ1v) is 12.0. The fourth-order valence-corrected chi connectivity index (χ4v) is 7.53. The van der Waals surface area contributed by atoms with Crippen molar-refractivity contribution in [3.8, 4) is 11.5 Å². The van der Waals surface area contributed by atoms with Crippen LogP contribution in [-0.4, -0.2) is 55.9 Å². The van der Waals surface area contributed by atoms with Gasteiger partial charge in [0.15, 0.2) is 11.5 Å². The third-order valence-electron chi connectivity index (χ3n) is 8.93. The van der Waals surface area contributed by atoms with Crippen molar-refractivity contribution >= 4 is 12.0 Å². The third kappa shape index (κ3) is 2.71. The number of carbonyl (C=O) groups is 2. The highest BCUT2D eigenvalue weighted by Gasteiger charge is 2.79. The van der Waals surface area contributed by atoms with E-state index >= 15 is 0 Å². The zero-order chi connectivity index (χ0) is 24.4. The van der Waals surface area contributed by atoms with Crippen LogP contribution in [0.15, 0.2) is 42.5 Å². The van der Waals surface area contributed by atoms with E-state index in [1.165, 1.54) is 0 Å². The molecule has 2 unspecified atom stereocenters. The Morgan fingerprint density at radius 3 is 2.69 bits per heavy atom. The van der Waals surface area contributed by atoms with Crippen LogP contribution in [0.5, 0.6) is 11.5 Å². The summed E-state index contributed by atoms with van der Waals surface area (Å²) < 4.78 is 23.6. The number of benzene rings is 2. The Labute approximate surface area is 204 Å². The summed E-state index contributed by atoms with van der Waals surface area (Å²) in [6.07, 6.45) is 1.63. The van der Waals surface area contributed by atoms with Crippen LogP contribution in [0.4, 0.5) is 4.79 Å². The molecule has 2 aliphatic carbocycles. The van der Waals surface area contributed by atoms with Crippen LogP contribution in [0.2, 0.25) is 0 Å². The minimum atomic E-state index is -0.774. The minimum Gasteiger partial charge on any atom is -0.493 e. The van der Waals surface area contributed by atoms with E-state index in [0.717, 1.165) is 16.7 Å². The highest BCUT2D eigenvalue weighted by atomic mass is 16.6. The fourth-order valence-electron chi connectivity index (χ4n) is 7.53. The van der Waals surface area contributed by atoms with Crippen molar-refractivity contribution in [2.45, 2.75) is 54.9 Å². The molecule has 6 rings (SSSR count). The lowest BCUT2D eigenvalue weighted by Gasteiger charge is -2.60. The Hall–Kier alpha value is -3.26. The zero-order valence-electron chi connectivity index (χ0n) is 20.3. The molecule has 8 nitrogen and oxygen atoms in total. The second kappa shape index (κ2) is 7.62. The van der Waals surface area contributed by atoms with Crippen LogP contribution < -0.4 is 14.8 Å². The molecular weight excluding hydrogens is 448 g/mol. The lowest BCUT2D eigenvalue weighted by Crippen LogP contribution is -2.76. The highest BCUT2D eigenvalue weighted by Crippen LogP contribution is 2.71. The van der Waals surface area contributed by atoms with Gasteiger partial charge in [0.2, 0.25) is 5.91 Å². The summed E-state index contributed by atoms with van der Waals surface area (Å²) in [5.41, 5.74) is 0.983. The van der Waals surface area contributed by atoms with Gasteiger partial charge in [-0.3, -0.25) is 4.79 Å². The molecule has 2 heterocycles. The summed E-state index contributed by atoms with van der Waals surface area (Å²) in [7, 11) is 5.11. The summed E-state index contributed by atoms with van der Waals surface area (Å²) in [6, 6.07) is 13.5. The van der Waals surface area contributed by atoms with Gasteiger partial charge in [-0.2, -0.15) is 0 Å². The van der Waals surface area contributed by atoms with Crippen molar-refractivity contribution in [2.24, 2.45) is 0 Å². The van der Waals surface area contributed by atoms with E-state index in [0.29, 0.717) is 43.8 Å². The monoisotopic (exact) mass is 478 g/mol. The highest BCUT2D eigenvalue weighted by molar-refractivity contribution is 5.86. The maximum atomic E-state index is 13.4. The largest absolute Gasteiger partial charge is 0.493 e. The van der Waals surface area contributed by atoms with Gasteiger partial charge in [0.25, 0.3) is 0 Å². The van der Waals surface area contributed by atoms with Gasteiger partial charge in [-0.1, -0.05) is 36.4 Å². The second-order valence-corrected chi connectivity index (χ2v) is 10.1. The van der Waals surface area contributed by atoms with Crippen molar-refractivity contribution in [3.63, 3.8) is 0 Å². The van der Waals surface area contributed by atoms with E-state index in [1.54, 1.807) is 14.2 Å². The average molecular weight is 479 g/mol. The van der Waals surface area contributed by atoms with E-state index in [9.17, 15) is 9.59 Å². The number of nitrogens with zero attached hydrogens (tertiary/aromatic N) is 1. The molecule has 3 fully saturated rings. The lowest BCUT2D eigenvalue weighted by molar-refractivity contribution is -0.151. The molecule has 35 heavy (non-hydrogen) atoms. The van der Waals surface area contributed by atoms with Gasteiger partial charge in [-0.15, -0.1) is 0 Å². The van der Waals surface area contributed by atoms with Crippen LogP contribution in [0.25, 0.3) is 0 Å². The molecule has 2 saturated heterocycles. The van der Waals surface area contributed by atoms with Crippen molar-refractivity contribution in [1.29, 1.82) is 0 Å². The average Bonchev–Trinajstić information content (AvgIpc) is 3.31. The number of likely N-dealkylation sites (N-methyl/N-ethyl adjacent to an activating group) is 1. The molecule has 4 atom stereocenters. The molecule has 8 heteroatoms. The van der Waals surface area contributed by atoms with E-state index in [4.69, 9.17) is 18.9 Å². The maximum Gasteiger partial charge on any atom is 0.408 e. The quantitative estimate of drug-likeness (QED) is 0.708. The molecule has 184 valence electrons. The minimum absolute atomic E-state index is 0.0619. The number of hydrogen-bond acceptors (Lipinski definition) is 6. The smallest absolute Gasteiger partial charge is 0.408 e. The summed E-state index contributed by atoms with van der Waals surface area (Å²) in [5, 5.41) is 3.20. The molecule has 1 saturated carbocycles. The molecule has 4 aliphatic rings. The van der Waals surface area contributed by atoms with E-state index < -0.39 is 22.6 Å². The summed E-state index contributed by atoms with van der Waals surface area (Å²) in [4.78, 5) is 28.4. The van der Waals surface area contributed by atoms with Gasteiger partial charge in [-0.25, -0.2) is 4.79 Å². The van der Waals surface area contributed by atoms with Crippen molar-refractivity contribution < 1.29 is 28.5 Å². The van der Waals surface area contributed by atoms with Crippen molar-refractivity contribution in [3.05, 3.63) is 59.2 Å². The SMILES string of the molecule is COc1ccc2c(c1OC)[C@]13CCC4(NC(=O)OCc5ccccc5)CO[C@H]2CC41N(C)C(=O)C3. The predicted octanol–water partition coefficient (Wildman–Crippen LogP) is 3.48.